The SMILES string of the molecule is CSN1Cc2ccc(N)cc2C1. The lowest BCUT2D eigenvalue weighted by Crippen LogP contribution is -2.03. The average molecular weight is 180 g/mol. The molecule has 0 unspecified atom stereocenters. The molecular weight excluding hydrogens is 168 g/mol. The van der Waals surface area contributed by atoms with Crippen molar-refractivity contribution in [3.05, 3.63) is 29.3 Å². The Morgan fingerprint density at radius 2 is 2.08 bits per heavy atom. The monoisotopic (exact) mass is 180 g/mol. The molecule has 0 amide bonds. The maximum atomic E-state index is 5.69. The highest BCUT2D eigenvalue weighted by atomic mass is 32.2. The van der Waals surface area contributed by atoms with Gasteiger partial charge >= 0.3 is 0 Å². The van der Waals surface area contributed by atoms with E-state index in [4.69, 9.17) is 5.73 Å². The number of hydrogen-bond donors (Lipinski definition) is 1. The number of anilines is 1. The predicted molar refractivity (Wildman–Crippen MR) is 53.6 cm³/mol. The van der Waals surface area contributed by atoms with Crippen LogP contribution < -0.4 is 5.73 Å². The average Bonchev–Trinajstić information content (AvgIpc) is 2.46. The van der Waals surface area contributed by atoms with E-state index in [0.29, 0.717) is 0 Å². The summed E-state index contributed by atoms with van der Waals surface area (Å²) in [5, 5.41) is 0. The Morgan fingerprint density at radius 3 is 2.83 bits per heavy atom. The van der Waals surface area contributed by atoms with E-state index in [9.17, 15) is 0 Å². The summed E-state index contributed by atoms with van der Waals surface area (Å²) in [5.74, 6) is 0. The molecule has 2 rings (SSSR count). The summed E-state index contributed by atoms with van der Waals surface area (Å²) in [6, 6.07) is 6.18. The number of nitrogens with two attached hydrogens (primary N) is 1. The molecule has 2 N–H and O–H groups in total. The molecule has 1 aliphatic heterocycles. The maximum absolute atomic E-state index is 5.69. The quantitative estimate of drug-likeness (QED) is 0.528. The predicted octanol–water partition coefficient (Wildman–Crippen LogP) is 1.86. The molecule has 0 radical (unpaired) electrons. The summed E-state index contributed by atoms with van der Waals surface area (Å²) in [6.07, 6.45) is 2.11. The summed E-state index contributed by atoms with van der Waals surface area (Å²) in [7, 11) is 0. The Morgan fingerprint density at radius 1 is 1.33 bits per heavy atom. The van der Waals surface area contributed by atoms with Gasteiger partial charge in [0.05, 0.1) is 0 Å². The molecule has 0 saturated carbocycles. The van der Waals surface area contributed by atoms with Crippen LogP contribution in [0.3, 0.4) is 0 Å². The zero-order valence-electron chi connectivity index (χ0n) is 7.08. The van der Waals surface area contributed by atoms with Crippen molar-refractivity contribution in [2.75, 3.05) is 12.0 Å². The Balaban J connectivity index is 2.30. The highest BCUT2D eigenvalue weighted by molar-refractivity contribution is 7.96. The van der Waals surface area contributed by atoms with Crippen molar-refractivity contribution in [1.29, 1.82) is 0 Å². The summed E-state index contributed by atoms with van der Waals surface area (Å²) in [4.78, 5) is 0. The molecule has 1 aromatic carbocycles. The minimum Gasteiger partial charge on any atom is -0.399 e. The molecule has 3 heteroatoms. The van der Waals surface area contributed by atoms with Gasteiger partial charge in [-0.1, -0.05) is 18.0 Å². The fourth-order valence-corrected chi connectivity index (χ4v) is 2.05. The van der Waals surface area contributed by atoms with E-state index in [0.717, 1.165) is 18.8 Å². The standard InChI is InChI=1S/C9H12N2S/c1-12-11-5-7-2-3-9(10)4-8(7)6-11/h2-4H,5-6,10H2,1H3. The fraction of sp³-hybridized carbons (Fsp3) is 0.333. The van der Waals surface area contributed by atoms with Gasteiger partial charge in [-0.25, -0.2) is 4.31 Å². The largest absolute Gasteiger partial charge is 0.399 e. The van der Waals surface area contributed by atoms with Gasteiger partial charge in [0.15, 0.2) is 0 Å². The highest BCUT2D eigenvalue weighted by Crippen LogP contribution is 2.28. The highest BCUT2D eigenvalue weighted by Gasteiger charge is 2.17. The van der Waals surface area contributed by atoms with Crippen LogP contribution in [0.2, 0.25) is 0 Å². The normalized spacial score (nSPS) is 16.4. The van der Waals surface area contributed by atoms with Crippen LogP contribution in [-0.4, -0.2) is 10.6 Å². The van der Waals surface area contributed by atoms with Crippen LogP contribution in [0.15, 0.2) is 18.2 Å². The van der Waals surface area contributed by atoms with Crippen molar-refractivity contribution in [3.8, 4) is 0 Å². The minimum absolute atomic E-state index is 0.872. The number of benzene rings is 1. The van der Waals surface area contributed by atoms with Crippen molar-refractivity contribution in [2.24, 2.45) is 0 Å². The first-order chi connectivity index (χ1) is 5.79. The molecule has 0 aromatic heterocycles. The molecule has 0 aliphatic carbocycles. The van der Waals surface area contributed by atoms with Crippen LogP contribution in [0.25, 0.3) is 0 Å². The van der Waals surface area contributed by atoms with Gasteiger partial charge in [-0.05, 0) is 29.5 Å². The van der Waals surface area contributed by atoms with Crippen LogP contribution in [-0.2, 0) is 13.1 Å². The molecule has 0 fully saturated rings. The van der Waals surface area contributed by atoms with Crippen molar-refractivity contribution < 1.29 is 0 Å². The Hall–Kier alpha value is -0.670. The molecule has 2 nitrogen and oxygen atoms in total. The van der Waals surface area contributed by atoms with Gasteiger partial charge in [0.1, 0.15) is 0 Å². The molecule has 12 heavy (non-hydrogen) atoms. The smallest absolute Gasteiger partial charge is 0.0348 e. The van der Waals surface area contributed by atoms with E-state index in [1.54, 1.807) is 11.9 Å². The molecule has 0 bridgehead atoms. The molecule has 64 valence electrons. The molecule has 0 saturated heterocycles. The van der Waals surface area contributed by atoms with E-state index >= 15 is 0 Å². The van der Waals surface area contributed by atoms with E-state index < -0.39 is 0 Å². The van der Waals surface area contributed by atoms with E-state index in [1.165, 1.54) is 11.1 Å². The lowest BCUT2D eigenvalue weighted by molar-refractivity contribution is 0.511. The van der Waals surface area contributed by atoms with Crippen LogP contribution in [0.1, 0.15) is 11.1 Å². The van der Waals surface area contributed by atoms with Gasteiger partial charge < -0.3 is 5.73 Å². The van der Waals surface area contributed by atoms with Gasteiger partial charge in [0.2, 0.25) is 0 Å². The third-order valence-electron chi connectivity index (χ3n) is 2.18. The second-order valence-corrected chi connectivity index (χ2v) is 3.89. The Labute approximate surface area is 76.9 Å². The van der Waals surface area contributed by atoms with Crippen LogP contribution in [0.5, 0.6) is 0 Å². The van der Waals surface area contributed by atoms with Crippen molar-refractivity contribution in [2.45, 2.75) is 13.1 Å². The summed E-state index contributed by atoms with van der Waals surface area (Å²) in [6.45, 7) is 2.08. The van der Waals surface area contributed by atoms with Gasteiger partial charge in [0, 0.05) is 18.8 Å². The lowest BCUT2D eigenvalue weighted by atomic mass is 10.1. The van der Waals surface area contributed by atoms with Gasteiger partial charge in [0.25, 0.3) is 0 Å². The lowest BCUT2D eigenvalue weighted by Gasteiger charge is -2.07. The number of nitrogens with zero attached hydrogens (tertiary/aromatic N) is 1. The number of rotatable bonds is 1. The molecular formula is C9H12N2S. The van der Waals surface area contributed by atoms with Crippen molar-refractivity contribution >= 4 is 17.6 Å². The van der Waals surface area contributed by atoms with Crippen molar-refractivity contribution in [3.63, 3.8) is 0 Å². The van der Waals surface area contributed by atoms with E-state index in [2.05, 4.69) is 22.7 Å². The summed E-state index contributed by atoms with van der Waals surface area (Å²) in [5.41, 5.74) is 9.36. The Bertz CT molecular complexity index is 299. The summed E-state index contributed by atoms with van der Waals surface area (Å²) < 4.78 is 2.32. The van der Waals surface area contributed by atoms with Gasteiger partial charge in [-0.2, -0.15) is 0 Å². The first kappa shape index (κ1) is 7.95. The van der Waals surface area contributed by atoms with Crippen LogP contribution in [0, 0.1) is 0 Å². The zero-order chi connectivity index (χ0) is 8.55. The second kappa shape index (κ2) is 2.99. The molecule has 1 aliphatic rings. The van der Waals surface area contributed by atoms with E-state index in [-0.39, 0.29) is 0 Å². The minimum atomic E-state index is 0.872. The first-order valence-electron chi connectivity index (χ1n) is 3.96. The number of nitrogen functional groups attached to an aromatic ring is 1. The molecule has 1 aromatic rings. The maximum Gasteiger partial charge on any atom is 0.0348 e. The second-order valence-electron chi connectivity index (χ2n) is 3.01. The Kier molecular flexibility index (Phi) is 1.98. The fourth-order valence-electron chi connectivity index (χ4n) is 1.51. The third kappa shape index (κ3) is 1.30. The number of fused-ring (bicyclic) bond motifs is 1. The summed E-state index contributed by atoms with van der Waals surface area (Å²) >= 11 is 1.79. The molecule has 0 spiro atoms. The van der Waals surface area contributed by atoms with Crippen molar-refractivity contribution in [1.82, 2.24) is 4.31 Å². The van der Waals surface area contributed by atoms with Crippen LogP contribution >= 0.6 is 11.9 Å². The first-order valence-corrected chi connectivity index (χ1v) is 5.14. The number of hydrogen-bond acceptors (Lipinski definition) is 3. The van der Waals surface area contributed by atoms with E-state index in [1.807, 2.05) is 6.07 Å². The molecule has 0 atom stereocenters. The van der Waals surface area contributed by atoms with Crippen LogP contribution in [0.4, 0.5) is 5.69 Å². The topological polar surface area (TPSA) is 29.3 Å². The van der Waals surface area contributed by atoms with Gasteiger partial charge in [-0.15, -0.1) is 0 Å². The third-order valence-corrected chi connectivity index (χ3v) is 2.96. The molecule has 1 heterocycles. The zero-order valence-corrected chi connectivity index (χ0v) is 7.90. The van der Waals surface area contributed by atoms with Gasteiger partial charge in [-0.3, -0.25) is 0 Å².